The summed E-state index contributed by atoms with van der Waals surface area (Å²) in [7, 11) is 0. The van der Waals surface area contributed by atoms with Gasteiger partial charge in [0.1, 0.15) is 5.75 Å². The van der Waals surface area contributed by atoms with Crippen molar-refractivity contribution in [3.63, 3.8) is 0 Å². The molecule has 0 amide bonds. The number of hydrogen-bond acceptors (Lipinski definition) is 3. The first kappa shape index (κ1) is 9.90. The third kappa shape index (κ3) is 1.91. The van der Waals surface area contributed by atoms with Crippen molar-refractivity contribution in [1.82, 2.24) is 4.98 Å². The maximum atomic E-state index is 11.6. The van der Waals surface area contributed by atoms with Gasteiger partial charge in [-0.1, -0.05) is 6.08 Å². The highest BCUT2D eigenvalue weighted by atomic mass is 16.5. The Morgan fingerprint density at radius 1 is 1.53 bits per heavy atom. The molecule has 0 saturated carbocycles. The molecule has 3 nitrogen and oxygen atoms in total. The Labute approximate surface area is 88.8 Å². The van der Waals surface area contributed by atoms with E-state index in [4.69, 9.17) is 4.74 Å². The van der Waals surface area contributed by atoms with Crippen molar-refractivity contribution in [2.75, 3.05) is 6.61 Å². The lowest BCUT2D eigenvalue weighted by Crippen LogP contribution is -2.00. The Balaban J connectivity index is 2.38. The molecule has 0 unspecified atom stereocenters. The minimum absolute atomic E-state index is 0.184. The van der Waals surface area contributed by atoms with Gasteiger partial charge in [0, 0.05) is 30.0 Å². The van der Waals surface area contributed by atoms with E-state index >= 15 is 0 Å². The SMILES string of the molecule is CCOc1ccncc1C1=CCCC1=O. The van der Waals surface area contributed by atoms with Gasteiger partial charge in [-0.05, 0) is 19.4 Å². The zero-order valence-electron chi connectivity index (χ0n) is 8.69. The quantitative estimate of drug-likeness (QED) is 0.756. The molecule has 0 bridgehead atoms. The molecule has 0 fully saturated rings. The first-order valence-electron chi connectivity index (χ1n) is 5.13. The van der Waals surface area contributed by atoms with Crippen LogP contribution in [0.3, 0.4) is 0 Å². The number of rotatable bonds is 3. The Hall–Kier alpha value is -1.64. The number of nitrogens with zero attached hydrogens (tertiary/aromatic N) is 1. The highest BCUT2D eigenvalue weighted by Gasteiger charge is 2.19. The van der Waals surface area contributed by atoms with Crippen LogP contribution in [0.5, 0.6) is 5.75 Å². The van der Waals surface area contributed by atoms with Gasteiger partial charge < -0.3 is 4.74 Å². The molecule has 0 N–H and O–H groups in total. The summed E-state index contributed by atoms with van der Waals surface area (Å²) in [5.74, 6) is 0.929. The van der Waals surface area contributed by atoms with E-state index in [2.05, 4.69) is 4.98 Å². The molecule has 78 valence electrons. The number of carbonyl (C=O) groups is 1. The Morgan fingerprint density at radius 3 is 3.07 bits per heavy atom. The van der Waals surface area contributed by atoms with Crippen LogP contribution >= 0.6 is 0 Å². The monoisotopic (exact) mass is 203 g/mol. The summed E-state index contributed by atoms with van der Waals surface area (Å²) >= 11 is 0. The Morgan fingerprint density at radius 2 is 2.40 bits per heavy atom. The average molecular weight is 203 g/mol. The summed E-state index contributed by atoms with van der Waals surface area (Å²) in [4.78, 5) is 15.6. The van der Waals surface area contributed by atoms with Gasteiger partial charge in [0.2, 0.25) is 0 Å². The van der Waals surface area contributed by atoms with E-state index in [1.165, 1.54) is 0 Å². The van der Waals surface area contributed by atoms with Crippen molar-refractivity contribution in [2.45, 2.75) is 19.8 Å². The van der Waals surface area contributed by atoms with Gasteiger partial charge >= 0.3 is 0 Å². The van der Waals surface area contributed by atoms with Crippen molar-refractivity contribution in [3.8, 4) is 5.75 Å². The summed E-state index contributed by atoms with van der Waals surface area (Å²) in [5, 5.41) is 0. The number of ether oxygens (including phenoxy) is 1. The topological polar surface area (TPSA) is 39.2 Å². The first-order chi connectivity index (χ1) is 7.33. The van der Waals surface area contributed by atoms with Crippen LogP contribution in [0.25, 0.3) is 5.57 Å². The summed E-state index contributed by atoms with van der Waals surface area (Å²) in [6, 6.07) is 1.80. The average Bonchev–Trinajstić information content (AvgIpc) is 2.66. The van der Waals surface area contributed by atoms with Crippen LogP contribution in [-0.2, 0) is 4.79 Å². The molecule has 1 aromatic rings. The van der Waals surface area contributed by atoms with Gasteiger partial charge in [-0.3, -0.25) is 9.78 Å². The van der Waals surface area contributed by atoms with Crippen molar-refractivity contribution >= 4 is 11.4 Å². The molecule has 1 aliphatic carbocycles. The fourth-order valence-electron chi connectivity index (χ4n) is 1.72. The van der Waals surface area contributed by atoms with Gasteiger partial charge in [0.15, 0.2) is 5.78 Å². The predicted octanol–water partition coefficient (Wildman–Crippen LogP) is 2.23. The van der Waals surface area contributed by atoms with E-state index < -0.39 is 0 Å². The van der Waals surface area contributed by atoms with Crippen LogP contribution < -0.4 is 4.74 Å². The van der Waals surface area contributed by atoms with Crippen molar-refractivity contribution in [2.24, 2.45) is 0 Å². The summed E-state index contributed by atoms with van der Waals surface area (Å²) < 4.78 is 5.46. The van der Waals surface area contributed by atoms with Crippen LogP contribution in [0.4, 0.5) is 0 Å². The van der Waals surface area contributed by atoms with E-state index in [0.717, 1.165) is 23.3 Å². The molecule has 1 aromatic heterocycles. The van der Waals surface area contributed by atoms with Gasteiger partial charge in [0.25, 0.3) is 0 Å². The van der Waals surface area contributed by atoms with Crippen LogP contribution in [0.1, 0.15) is 25.3 Å². The number of carbonyl (C=O) groups excluding carboxylic acids is 1. The minimum atomic E-state index is 0.184. The molecule has 2 rings (SSSR count). The number of Topliss-reactive ketones (excluding diaryl/α,β-unsaturated/α-hetero) is 1. The Kier molecular flexibility index (Phi) is 2.81. The molecule has 0 radical (unpaired) electrons. The minimum Gasteiger partial charge on any atom is -0.493 e. The van der Waals surface area contributed by atoms with E-state index in [9.17, 15) is 4.79 Å². The van der Waals surface area contributed by atoms with Gasteiger partial charge in [-0.25, -0.2) is 0 Å². The van der Waals surface area contributed by atoms with E-state index in [-0.39, 0.29) is 5.78 Å². The van der Waals surface area contributed by atoms with Gasteiger partial charge in [-0.15, -0.1) is 0 Å². The standard InChI is InChI=1S/C12H13NO2/c1-2-15-12-6-7-13-8-10(12)9-4-3-5-11(9)14/h4,6-8H,2-3,5H2,1H3. The van der Waals surface area contributed by atoms with Crippen molar-refractivity contribution in [3.05, 3.63) is 30.1 Å². The maximum Gasteiger partial charge on any atom is 0.163 e. The lowest BCUT2D eigenvalue weighted by atomic mass is 10.1. The fourth-order valence-corrected chi connectivity index (χ4v) is 1.72. The largest absolute Gasteiger partial charge is 0.493 e. The lowest BCUT2D eigenvalue weighted by Gasteiger charge is -2.09. The van der Waals surface area contributed by atoms with E-state index in [1.807, 2.05) is 13.0 Å². The van der Waals surface area contributed by atoms with Crippen LogP contribution in [0.2, 0.25) is 0 Å². The second-order valence-corrected chi connectivity index (χ2v) is 3.38. The highest BCUT2D eigenvalue weighted by molar-refractivity contribution is 6.23. The summed E-state index contributed by atoms with van der Waals surface area (Å²) in [6.07, 6.45) is 6.76. The summed E-state index contributed by atoms with van der Waals surface area (Å²) in [6.45, 7) is 2.52. The number of pyridine rings is 1. The first-order valence-corrected chi connectivity index (χ1v) is 5.13. The molecule has 0 aromatic carbocycles. The number of hydrogen-bond donors (Lipinski definition) is 0. The molecule has 1 aliphatic rings. The van der Waals surface area contributed by atoms with E-state index in [0.29, 0.717) is 13.0 Å². The molecular formula is C12H13NO2. The third-order valence-electron chi connectivity index (χ3n) is 2.39. The second kappa shape index (κ2) is 4.26. The number of aromatic nitrogens is 1. The fraction of sp³-hybridized carbons (Fsp3) is 0.333. The zero-order valence-corrected chi connectivity index (χ0v) is 8.69. The molecule has 3 heteroatoms. The van der Waals surface area contributed by atoms with Gasteiger partial charge in [0.05, 0.1) is 6.61 Å². The normalized spacial score (nSPS) is 15.3. The third-order valence-corrected chi connectivity index (χ3v) is 2.39. The summed E-state index contributed by atoms with van der Waals surface area (Å²) in [5.41, 5.74) is 1.58. The van der Waals surface area contributed by atoms with Crippen LogP contribution in [-0.4, -0.2) is 17.4 Å². The van der Waals surface area contributed by atoms with Crippen molar-refractivity contribution in [1.29, 1.82) is 0 Å². The van der Waals surface area contributed by atoms with Crippen LogP contribution in [0.15, 0.2) is 24.5 Å². The number of ketones is 1. The number of allylic oxidation sites excluding steroid dienone is 2. The molecule has 0 atom stereocenters. The highest BCUT2D eigenvalue weighted by Crippen LogP contribution is 2.30. The molecule has 0 saturated heterocycles. The zero-order chi connectivity index (χ0) is 10.7. The van der Waals surface area contributed by atoms with Crippen molar-refractivity contribution < 1.29 is 9.53 Å². The lowest BCUT2D eigenvalue weighted by molar-refractivity contribution is -0.113. The Bertz CT molecular complexity index is 410. The maximum absolute atomic E-state index is 11.6. The predicted molar refractivity (Wildman–Crippen MR) is 57.6 cm³/mol. The molecule has 15 heavy (non-hydrogen) atoms. The molecule has 0 aliphatic heterocycles. The van der Waals surface area contributed by atoms with Crippen LogP contribution in [0, 0.1) is 0 Å². The van der Waals surface area contributed by atoms with E-state index in [1.54, 1.807) is 18.5 Å². The molecule has 0 spiro atoms. The molecular weight excluding hydrogens is 190 g/mol. The van der Waals surface area contributed by atoms with Gasteiger partial charge in [-0.2, -0.15) is 0 Å². The smallest absolute Gasteiger partial charge is 0.163 e. The molecule has 1 heterocycles. The second-order valence-electron chi connectivity index (χ2n) is 3.38.